The molecule has 0 atom stereocenters. The van der Waals surface area contributed by atoms with Gasteiger partial charge < -0.3 is 9.26 Å². The summed E-state index contributed by atoms with van der Waals surface area (Å²) in [5.41, 5.74) is 3.47. The van der Waals surface area contributed by atoms with Crippen molar-refractivity contribution in [3.05, 3.63) is 65.3 Å². The predicted molar refractivity (Wildman–Crippen MR) is 99.9 cm³/mol. The first-order valence-corrected chi connectivity index (χ1v) is 8.72. The Bertz CT molecular complexity index is 888. The van der Waals surface area contributed by atoms with E-state index >= 15 is 0 Å². The zero-order valence-corrected chi connectivity index (χ0v) is 15.7. The zero-order valence-electron chi connectivity index (χ0n) is 15.7. The standard InChI is InChI=1S/C20H22N4O3/c1-4-14-5-10-17(21-11-14)12-24(2)13-18-22-19(23-27-18)15-6-8-16(9-7-15)20(25)26-3/h5-11H,4,12-13H2,1-3H3. The Morgan fingerprint density at radius 1 is 1.15 bits per heavy atom. The number of nitrogens with zero attached hydrogens (tertiary/aromatic N) is 4. The Morgan fingerprint density at radius 3 is 2.56 bits per heavy atom. The van der Waals surface area contributed by atoms with Gasteiger partial charge in [-0.2, -0.15) is 4.98 Å². The molecule has 0 unspecified atom stereocenters. The van der Waals surface area contributed by atoms with Gasteiger partial charge in [-0.05, 0) is 37.2 Å². The van der Waals surface area contributed by atoms with Crippen LogP contribution in [0.5, 0.6) is 0 Å². The van der Waals surface area contributed by atoms with Gasteiger partial charge in [-0.25, -0.2) is 4.79 Å². The molecule has 3 rings (SSSR count). The molecule has 0 saturated carbocycles. The van der Waals surface area contributed by atoms with Crippen molar-refractivity contribution in [2.24, 2.45) is 0 Å². The molecule has 2 heterocycles. The smallest absolute Gasteiger partial charge is 0.337 e. The molecule has 0 saturated heterocycles. The number of hydrogen-bond acceptors (Lipinski definition) is 7. The van der Waals surface area contributed by atoms with Crippen LogP contribution < -0.4 is 0 Å². The summed E-state index contributed by atoms with van der Waals surface area (Å²) in [6, 6.07) is 11.0. The number of esters is 1. The van der Waals surface area contributed by atoms with E-state index in [1.54, 1.807) is 24.3 Å². The topological polar surface area (TPSA) is 81.4 Å². The van der Waals surface area contributed by atoms with Crippen molar-refractivity contribution in [3.8, 4) is 11.4 Å². The Hall–Kier alpha value is -3.06. The highest BCUT2D eigenvalue weighted by Crippen LogP contribution is 2.18. The molecule has 0 amide bonds. The van der Waals surface area contributed by atoms with Crippen LogP contribution in [0.15, 0.2) is 47.1 Å². The minimum Gasteiger partial charge on any atom is -0.465 e. The lowest BCUT2D eigenvalue weighted by molar-refractivity contribution is 0.0600. The number of pyridine rings is 1. The van der Waals surface area contributed by atoms with Gasteiger partial charge in [-0.15, -0.1) is 0 Å². The molecule has 0 N–H and O–H groups in total. The van der Waals surface area contributed by atoms with Crippen molar-refractivity contribution < 1.29 is 14.1 Å². The number of carbonyl (C=O) groups excluding carboxylic acids is 1. The van der Waals surface area contributed by atoms with Crippen LogP contribution in [0.2, 0.25) is 0 Å². The van der Waals surface area contributed by atoms with Gasteiger partial charge in [0.2, 0.25) is 11.7 Å². The van der Waals surface area contributed by atoms with Crippen molar-refractivity contribution in [1.29, 1.82) is 0 Å². The number of hydrogen-bond donors (Lipinski definition) is 0. The molecule has 0 aliphatic carbocycles. The van der Waals surface area contributed by atoms with Crippen LogP contribution in [0, 0.1) is 0 Å². The second kappa shape index (κ2) is 8.55. The van der Waals surface area contributed by atoms with E-state index in [9.17, 15) is 4.79 Å². The number of benzene rings is 1. The Kier molecular flexibility index (Phi) is 5.93. The molecule has 2 aromatic heterocycles. The lowest BCUT2D eigenvalue weighted by atomic mass is 10.1. The second-order valence-electron chi connectivity index (χ2n) is 6.26. The SMILES string of the molecule is CCc1ccc(CN(C)Cc2nc(-c3ccc(C(=O)OC)cc3)no2)nc1. The van der Waals surface area contributed by atoms with Crippen LogP contribution in [0.3, 0.4) is 0 Å². The van der Waals surface area contributed by atoms with Gasteiger partial charge in [-0.3, -0.25) is 9.88 Å². The number of aryl methyl sites for hydroxylation is 1. The third-order valence-electron chi connectivity index (χ3n) is 4.16. The van der Waals surface area contributed by atoms with Gasteiger partial charge in [0.15, 0.2) is 0 Å². The quantitative estimate of drug-likeness (QED) is 0.594. The lowest BCUT2D eigenvalue weighted by Gasteiger charge is -2.13. The minimum absolute atomic E-state index is 0.377. The van der Waals surface area contributed by atoms with Crippen molar-refractivity contribution in [3.63, 3.8) is 0 Å². The number of aromatic nitrogens is 3. The third-order valence-corrected chi connectivity index (χ3v) is 4.16. The normalized spacial score (nSPS) is 11.0. The first kappa shape index (κ1) is 18.7. The molecule has 140 valence electrons. The van der Waals surface area contributed by atoms with Crippen LogP contribution in [-0.2, 0) is 24.2 Å². The van der Waals surface area contributed by atoms with E-state index < -0.39 is 0 Å². The summed E-state index contributed by atoms with van der Waals surface area (Å²) >= 11 is 0. The molecule has 27 heavy (non-hydrogen) atoms. The fraction of sp³-hybridized carbons (Fsp3) is 0.300. The number of carbonyl (C=O) groups is 1. The average molecular weight is 366 g/mol. The van der Waals surface area contributed by atoms with Gasteiger partial charge in [0, 0.05) is 18.3 Å². The highest BCUT2D eigenvalue weighted by atomic mass is 16.5. The van der Waals surface area contributed by atoms with Crippen LogP contribution in [0.4, 0.5) is 0 Å². The minimum atomic E-state index is -0.377. The van der Waals surface area contributed by atoms with Gasteiger partial charge >= 0.3 is 5.97 Å². The predicted octanol–water partition coefficient (Wildman–Crippen LogP) is 3.11. The fourth-order valence-electron chi connectivity index (χ4n) is 2.63. The molecule has 0 radical (unpaired) electrons. The molecular weight excluding hydrogens is 344 g/mol. The van der Waals surface area contributed by atoms with Crippen LogP contribution in [0.1, 0.15) is 34.4 Å². The van der Waals surface area contributed by atoms with Crippen molar-refractivity contribution >= 4 is 5.97 Å². The molecule has 0 aliphatic rings. The van der Waals surface area contributed by atoms with Crippen molar-refractivity contribution in [2.75, 3.05) is 14.2 Å². The Morgan fingerprint density at radius 2 is 1.93 bits per heavy atom. The maximum Gasteiger partial charge on any atom is 0.337 e. The monoisotopic (exact) mass is 366 g/mol. The van der Waals surface area contributed by atoms with E-state index in [4.69, 9.17) is 9.26 Å². The number of ether oxygens (including phenoxy) is 1. The van der Waals surface area contributed by atoms with Gasteiger partial charge in [0.25, 0.3) is 0 Å². The Balaban J connectivity index is 1.62. The molecule has 3 aromatic rings. The van der Waals surface area contributed by atoms with E-state index in [1.165, 1.54) is 12.7 Å². The number of methoxy groups -OCH3 is 1. The van der Waals surface area contributed by atoms with Gasteiger partial charge in [0.1, 0.15) is 0 Å². The third kappa shape index (κ3) is 4.77. The molecule has 0 aliphatic heterocycles. The van der Waals surface area contributed by atoms with Gasteiger partial charge in [0.05, 0.1) is 24.9 Å². The summed E-state index contributed by atoms with van der Waals surface area (Å²) in [7, 11) is 3.33. The maximum absolute atomic E-state index is 11.5. The lowest BCUT2D eigenvalue weighted by Crippen LogP contribution is -2.18. The second-order valence-corrected chi connectivity index (χ2v) is 6.26. The molecule has 0 fully saturated rings. The van der Waals surface area contributed by atoms with E-state index in [0.29, 0.717) is 30.4 Å². The van der Waals surface area contributed by atoms with Crippen LogP contribution in [0.25, 0.3) is 11.4 Å². The number of rotatable bonds is 7. The first-order valence-electron chi connectivity index (χ1n) is 8.72. The maximum atomic E-state index is 11.5. The summed E-state index contributed by atoms with van der Waals surface area (Å²) in [4.78, 5) is 22.4. The molecule has 0 spiro atoms. The first-order chi connectivity index (χ1) is 13.1. The summed E-state index contributed by atoms with van der Waals surface area (Å²) in [6.07, 6.45) is 2.89. The molecular formula is C20H22N4O3. The summed E-state index contributed by atoms with van der Waals surface area (Å²) in [5.74, 6) is 0.632. The highest BCUT2D eigenvalue weighted by molar-refractivity contribution is 5.89. The average Bonchev–Trinajstić information content (AvgIpc) is 3.16. The van der Waals surface area contributed by atoms with Crippen LogP contribution in [-0.4, -0.2) is 40.2 Å². The van der Waals surface area contributed by atoms with E-state index in [1.807, 2.05) is 19.3 Å². The highest BCUT2D eigenvalue weighted by Gasteiger charge is 2.12. The van der Waals surface area contributed by atoms with Gasteiger partial charge in [-0.1, -0.05) is 30.3 Å². The molecule has 0 bridgehead atoms. The van der Waals surface area contributed by atoms with E-state index in [0.717, 1.165) is 17.7 Å². The zero-order chi connectivity index (χ0) is 19.2. The molecule has 7 heteroatoms. The molecule has 7 nitrogen and oxygen atoms in total. The van der Waals surface area contributed by atoms with Crippen LogP contribution >= 0.6 is 0 Å². The Labute approximate surface area is 158 Å². The van der Waals surface area contributed by atoms with Crippen molar-refractivity contribution in [2.45, 2.75) is 26.4 Å². The summed E-state index contributed by atoms with van der Waals surface area (Å²) < 4.78 is 10.0. The van der Waals surface area contributed by atoms with Crippen molar-refractivity contribution in [1.82, 2.24) is 20.0 Å². The fourth-order valence-corrected chi connectivity index (χ4v) is 2.63. The molecule has 1 aromatic carbocycles. The largest absolute Gasteiger partial charge is 0.465 e. The summed E-state index contributed by atoms with van der Waals surface area (Å²) in [5, 5.41) is 4.02. The summed E-state index contributed by atoms with van der Waals surface area (Å²) in [6.45, 7) is 3.32. The van der Waals surface area contributed by atoms with E-state index in [-0.39, 0.29) is 5.97 Å². The van der Waals surface area contributed by atoms with E-state index in [2.05, 4.69) is 33.0 Å².